The quantitative estimate of drug-likeness (QED) is 0.636. The summed E-state index contributed by atoms with van der Waals surface area (Å²) in [6.45, 7) is 3.78. The average molecular weight is 337 g/mol. The Balaban J connectivity index is 2.18. The number of hydrogen-bond donors (Lipinski definition) is 2. The molecule has 2 rings (SSSR count). The van der Waals surface area contributed by atoms with Crippen molar-refractivity contribution in [2.75, 3.05) is 11.9 Å². The number of esters is 1. The number of thiophene rings is 1. The van der Waals surface area contributed by atoms with Crippen LogP contribution in [0.1, 0.15) is 35.0 Å². The van der Waals surface area contributed by atoms with Crippen LogP contribution in [0.25, 0.3) is 0 Å². The molecule has 7 heteroatoms. The van der Waals surface area contributed by atoms with E-state index in [2.05, 4.69) is 5.32 Å². The first-order chi connectivity index (χ1) is 10.9. The second-order valence-electron chi connectivity index (χ2n) is 5.30. The highest BCUT2D eigenvalue weighted by molar-refractivity contribution is 7.16. The van der Waals surface area contributed by atoms with Gasteiger partial charge in [-0.15, -0.1) is 11.3 Å². The average Bonchev–Trinajstić information content (AvgIpc) is 2.88. The summed E-state index contributed by atoms with van der Waals surface area (Å²) in [5.74, 6) is -3.25. The molecule has 0 radical (unpaired) electrons. The summed E-state index contributed by atoms with van der Waals surface area (Å²) in [7, 11) is 0. The molecule has 0 aromatic carbocycles. The first-order valence-corrected chi connectivity index (χ1v) is 8.21. The molecule has 1 aliphatic carbocycles. The largest absolute Gasteiger partial charge is 0.481 e. The zero-order valence-corrected chi connectivity index (χ0v) is 13.8. The molecular formula is C16H19NO5S. The molecule has 6 nitrogen and oxygen atoms in total. The van der Waals surface area contributed by atoms with Gasteiger partial charge in [-0.05, 0) is 32.8 Å². The molecule has 0 fully saturated rings. The smallest absolute Gasteiger partial charge is 0.341 e. The Morgan fingerprint density at radius 3 is 2.57 bits per heavy atom. The van der Waals surface area contributed by atoms with Crippen molar-refractivity contribution in [1.29, 1.82) is 0 Å². The summed E-state index contributed by atoms with van der Waals surface area (Å²) in [4.78, 5) is 36.6. The Kier molecular flexibility index (Phi) is 5.54. The number of anilines is 1. The molecule has 0 aliphatic heterocycles. The van der Waals surface area contributed by atoms with Gasteiger partial charge in [-0.25, -0.2) is 4.79 Å². The van der Waals surface area contributed by atoms with Crippen LogP contribution in [0.2, 0.25) is 0 Å². The number of amides is 1. The fourth-order valence-electron chi connectivity index (χ4n) is 2.55. The maximum Gasteiger partial charge on any atom is 0.341 e. The van der Waals surface area contributed by atoms with Crippen molar-refractivity contribution in [2.24, 2.45) is 11.8 Å². The number of rotatable bonds is 5. The first kappa shape index (κ1) is 17.2. The second-order valence-corrected chi connectivity index (χ2v) is 6.56. The van der Waals surface area contributed by atoms with Crippen molar-refractivity contribution in [3.63, 3.8) is 0 Å². The highest BCUT2D eigenvalue weighted by atomic mass is 32.1. The lowest BCUT2D eigenvalue weighted by molar-refractivity contribution is -0.146. The van der Waals surface area contributed by atoms with E-state index in [0.29, 0.717) is 23.4 Å². The van der Waals surface area contributed by atoms with Crippen molar-refractivity contribution in [1.82, 2.24) is 0 Å². The highest BCUT2D eigenvalue weighted by Crippen LogP contribution is 2.31. The van der Waals surface area contributed by atoms with Crippen LogP contribution in [0, 0.1) is 18.8 Å². The topological polar surface area (TPSA) is 92.7 Å². The summed E-state index contributed by atoms with van der Waals surface area (Å²) in [6, 6.07) is 1.66. The number of allylic oxidation sites excluding steroid dienone is 2. The molecule has 0 saturated carbocycles. The van der Waals surface area contributed by atoms with Gasteiger partial charge >= 0.3 is 11.9 Å². The van der Waals surface area contributed by atoms with E-state index in [1.54, 1.807) is 19.1 Å². The van der Waals surface area contributed by atoms with E-state index in [-0.39, 0.29) is 12.5 Å². The van der Waals surface area contributed by atoms with Crippen LogP contribution in [-0.4, -0.2) is 29.6 Å². The summed E-state index contributed by atoms with van der Waals surface area (Å²) < 4.78 is 4.98. The van der Waals surface area contributed by atoms with E-state index in [9.17, 15) is 19.5 Å². The number of carboxylic acid groups (broad SMARTS) is 1. The third-order valence-corrected chi connectivity index (χ3v) is 4.64. The molecule has 0 saturated heterocycles. The van der Waals surface area contributed by atoms with Gasteiger partial charge in [-0.3, -0.25) is 9.59 Å². The minimum atomic E-state index is -0.984. The Hall–Kier alpha value is -2.15. The fraction of sp³-hybridized carbons (Fsp3) is 0.438. The van der Waals surface area contributed by atoms with Crippen LogP contribution in [0.15, 0.2) is 18.2 Å². The molecule has 0 unspecified atom stereocenters. The van der Waals surface area contributed by atoms with Gasteiger partial charge in [0.15, 0.2) is 0 Å². The number of nitrogens with one attached hydrogen (secondary N) is 1. The molecule has 2 N–H and O–H groups in total. The summed E-state index contributed by atoms with van der Waals surface area (Å²) in [5, 5.41) is 12.4. The molecule has 1 heterocycles. The minimum Gasteiger partial charge on any atom is -0.481 e. The molecule has 0 bridgehead atoms. The van der Waals surface area contributed by atoms with E-state index in [1.165, 1.54) is 11.3 Å². The number of carbonyl (C=O) groups excluding carboxylic acids is 2. The van der Waals surface area contributed by atoms with Gasteiger partial charge in [0.25, 0.3) is 0 Å². The van der Waals surface area contributed by atoms with Crippen LogP contribution in [0.5, 0.6) is 0 Å². The minimum absolute atomic E-state index is 0.246. The van der Waals surface area contributed by atoms with E-state index >= 15 is 0 Å². The fourth-order valence-corrected chi connectivity index (χ4v) is 3.45. The maximum atomic E-state index is 12.5. The third kappa shape index (κ3) is 3.98. The lowest BCUT2D eigenvalue weighted by atomic mass is 9.82. The molecule has 1 aliphatic rings. The zero-order valence-electron chi connectivity index (χ0n) is 13.0. The molecule has 23 heavy (non-hydrogen) atoms. The van der Waals surface area contributed by atoms with Gasteiger partial charge in [0, 0.05) is 4.88 Å². The van der Waals surface area contributed by atoms with Crippen molar-refractivity contribution in [3.8, 4) is 0 Å². The number of carboxylic acids is 1. The SMILES string of the molecule is CCOC(=O)c1cc(C)sc1NC(=O)[C@H]1CC=CC[C@@H]1C(=O)O. The van der Waals surface area contributed by atoms with Crippen LogP contribution >= 0.6 is 11.3 Å². The van der Waals surface area contributed by atoms with Gasteiger partial charge < -0.3 is 15.2 Å². The molecular weight excluding hydrogens is 318 g/mol. The van der Waals surface area contributed by atoms with Gasteiger partial charge in [-0.2, -0.15) is 0 Å². The van der Waals surface area contributed by atoms with Crippen molar-refractivity contribution >= 4 is 34.2 Å². The summed E-state index contributed by atoms with van der Waals surface area (Å²) in [6.07, 6.45) is 4.31. The standard InChI is InChI=1S/C16H19NO5S/c1-3-22-16(21)12-8-9(2)23-14(12)17-13(18)10-6-4-5-7-11(10)15(19)20/h4-5,8,10-11H,3,6-7H2,1-2H3,(H,17,18)(H,19,20)/t10-,11-/m0/s1. The van der Waals surface area contributed by atoms with E-state index in [1.807, 2.05) is 13.0 Å². The van der Waals surface area contributed by atoms with Gasteiger partial charge in [0.05, 0.1) is 24.0 Å². The number of hydrogen-bond acceptors (Lipinski definition) is 5. The lowest BCUT2D eigenvalue weighted by Crippen LogP contribution is -2.34. The number of aryl methyl sites for hydroxylation is 1. The Morgan fingerprint density at radius 1 is 1.30 bits per heavy atom. The Morgan fingerprint density at radius 2 is 1.96 bits per heavy atom. The Bertz CT molecular complexity index is 649. The molecule has 1 aromatic heterocycles. The molecule has 0 spiro atoms. The van der Waals surface area contributed by atoms with Crippen LogP contribution in [-0.2, 0) is 14.3 Å². The molecule has 1 amide bonds. The van der Waals surface area contributed by atoms with Gasteiger partial charge in [-0.1, -0.05) is 12.2 Å². The normalized spacial score (nSPS) is 20.1. The molecule has 124 valence electrons. The third-order valence-electron chi connectivity index (χ3n) is 3.67. The summed E-state index contributed by atoms with van der Waals surface area (Å²) >= 11 is 1.27. The zero-order chi connectivity index (χ0) is 17.0. The monoisotopic (exact) mass is 337 g/mol. The number of ether oxygens (including phenoxy) is 1. The van der Waals surface area contributed by atoms with Crippen molar-refractivity contribution in [2.45, 2.75) is 26.7 Å². The first-order valence-electron chi connectivity index (χ1n) is 7.40. The van der Waals surface area contributed by atoms with E-state index < -0.39 is 23.8 Å². The number of carbonyl (C=O) groups is 3. The Labute approximate surface area is 138 Å². The maximum absolute atomic E-state index is 12.5. The van der Waals surface area contributed by atoms with Crippen LogP contribution in [0.4, 0.5) is 5.00 Å². The second kappa shape index (κ2) is 7.41. The summed E-state index contributed by atoms with van der Waals surface area (Å²) in [5.41, 5.74) is 0.306. The van der Waals surface area contributed by atoms with Crippen molar-refractivity contribution in [3.05, 3.63) is 28.7 Å². The highest BCUT2D eigenvalue weighted by Gasteiger charge is 2.34. The predicted molar refractivity (Wildman–Crippen MR) is 86.6 cm³/mol. The van der Waals surface area contributed by atoms with Crippen LogP contribution < -0.4 is 5.32 Å². The molecule has 2 atom stereocenters. The lowest BCUT2D eigenvalue weighted by Gasteiger charge is -2.24. The van der Waals surface area contributed by atoms with Crippen LogP contribution in [0.3, 0.4) is 0 Å². The van der Waals surface area contributed by atoms with E-state index in [4.69, 9.17) is 4.74 Å². The van der Waals surface area contributed by atoms with Gasteiger partial charge in [0.1, 0.15) is 5.00 Å². The molecule has 1 aromatic rings. The van der Waals surface area contributed by atoms with Crippen molar-refractivity contribution < 1.29 is 24.2 Å². The number of aliphatic carboxylic acids is 1. The van der Waals surface area contributed by atoms with E-state index in [0.717, 1.165) is 4.88 Å². The van der Waals surface area contributed by atoms with Gasteiger partial charge in [0.2, 0.25) is 5.91 Å². The predicted octanol–water partition coefficient (Wildman–Crippen LogP) is 2.84.